The lowest BCUT2D eigenvalue weighted by Crippen LogP contribution is -2.59. The molecular formula is C24H37NO3. The molecule has 28 heavy (non-hydrogen) atoms. The number of ether oxygens (including phenoxy) is 2. The molecule has 4 fully saturated rings. The van der Waals surface area contributed by atoms with Gasteiger partial charge in [-0.3, -0.25) is 0 Å². The van der Waals surface area contributed by atoms with Crippen LogP contribution in [0.4, 0.5) is 0 Å². The van der Waals surface area contributed by atoms with Gasteiger partial charge >= 0.3 is 0 Å². The molecule has 1 unspecified atom stereocenters. The summed E-state index contributed by atoms with van der Waals surface area (Å²) in [7, 11) is 0. The highest BCUT2D eigenvalue weighted by atomic mass is 16.5. The molecule has 4 aliphatic carbocycles. The Morgan fingerprint density at radius 2 is 1.61 bits per heavy atom. The number of nitrogens with one attached hydrogen (secondary N) is 1. The second kappa shape index (κ2) is 8.73. The largest absolute Gasteiger partial charge is 0.491 e. The van der Waals surface area contributed by atoms with Crippen molar-refractivity contribution in [3.05, 3.63) is 29.8 Å². The first-order chi connectivity index (χ1) is 13.5. The van der Waals surface area contributed by atoms with E-state index in [4.69, 9.17) is 9.47 Å². The van der Waals surface area contributed by atoms with Gasteiger partial charge < -0.3 is 19.9 Å². The van der Waals surface area contributed by atoms with E-state index in [-0.39, 0.29) is 0 Å². The third kappa shape index (κ3) is 4.90. The SMILES string of the molecule is CC(C)c1ccc(OCCOCC(O)CNC23CC4CC(CC(C4)C2)C3)cc1. The van der Waals surface area contributed by atoms with Gasteiger partial charge in [-0.2, -0.15) is 0 Å². The van der Waals surface area contributed by atoms with Crippen molar-refractivity contribution in [3.8, 4) is 5.75 Å². The van der Waals surface area contributed by atoms with Crippen LogP contribution in [-0.4, -0.2) is 43.1 Å². The smallest absolute Gasteiger partial charge is 0.119 e. The Labute approximate surface area is 170 Å². The molecule has 1 aromatic rings. The molecule has 2 N–H and O–H groups in total. The summed E-state index contributed by atoms with van der Waals surface area (Å²) in [6.45, 7) is 6.40. The Kier molecular flexibility index (Phi) is 6.29. The van der Waals surface area contributed by atoms with Gasteiger partial charge in [0.1, 0.15) is 12.4 Å². The van der Waals surface area contributed by atoms with Gasteiger partial charge in [-0.05, 0) is 79.9 Å². The van der Waals surface area contributed by atoms with Crippen molar-refractivity contribution < 1.29 is 14.6 Å². The summed E-state index contributed by atoms with van der Waals surface area (Å²) in [5.74, 6) is 4.19. The first kappa shape index (κ1) is 20.2. The van der Waals surface area contributed by atoms with Crippen molar-refractivity contribution in [3.63, 3.8) is 0 Å². The van der Waals surface area contributed by atoms with E-state index in [0.29, 0.717) is 37.8 Å². The Morgan fingerprint density at radius 1 is 1.00 bits per heavy atom. The minimum absolute atomic E-state index is 0.307. The molecule has 4 bridgehead atoms. The van der Waals surface area contributed by atoms with Crippen LogP contribution in [0, 0.1) is 17.8 Å². The third-order valence-corrected chi connectivity index (χ3v) is 7.10. The maximum atomic E-state index is 10.3. The number of hydrogen-bond donors (Lipinski definition) is 2. The van der Waals surface area contributed by atoms with E-state index in [1.165, 1.54) is 44.1 Å². The zero-order valence-electron chi connectivity index (χ0n) is 17.5. The molecule has 0 saturated heterocycles. The summed E-state index contributed by atoms with van der Waals surface area (Å²) in [6, 6.07) is 8.25. The van der Waals surface area contributed by atoms with Crippen LogP contribution in [0.3, 0.4) is 0 Å². The number of hydrogen-bond acceptors (Lipinski definition) is 4. The second-order valence-corrected chi connectivity index (χ2v) is 9.88. The van der Waals surface area contributed by atoms with Crippen LogP contribution in [0.2, 0.25) is 0 Å². The van der Waals surface area contributed by atoms with Gasteiger partial charge in [-0.25, -0.2) is 0 Å². The van der Waals surface area contributed by atoms with E-state index >= 15 is 0 Å². The fraction of sp³-hybridized carbons (Fsp3) is 0.750. The number of aliphatic hydroxyl groups excluding tert-OH is 1. The average Bonchev–Trinajstić information content (AvgIpc) is 2.65. The number of β-amino-alcohol motifs (C(OH)–C–C–N with tert-alkyl or cyclic N) is 1. The zero-order valence-corrected chi connectivity index (χ0v) is 17.5. The molecule has 0 radical (unpaired) electrons. The van der Waals surface area contributed by atoms with Gasteiger partial charge in [0, 0.05) is 12.1 Å². The lowest BCUT2D eigenvalue weighted by atomic mass is 9.53. The van der Waals surface area contributed by atoms with Crippen LogP contribution < -0.4 is 10.1 Å². The van der Waals surface area contributed by atoms with E-state index < -0.39 is 6.10 Å². The van der Waals surface area contributed by atoms with Crippen molar-refractivity contribution in [2.45, 2.75) is 69.9 Å². The first-order valence-electron chi connectivity index (χ1n) is 11.2. The molecule has 1 atom stereocenters. The predicted molar refractivity (Wildman–Crippen MR) is 112 cm³/mol. The maximum absolute atomic E-state index is 10.3. The van der Waals surface area contributed by atoms with Crippen LogP contribution in [-0.2, 0) is 4.74 Å². The van der Waals surface area contributed by atoms with E-state index in [0.717, 1.165) is 23.5 Å². The monoisotopic (exact) mass is 387 g/mol. The van der Waals surface area contributed by atoms with Crippen LogP contribution in [0.15, 0.2) is 24.3 Å². The highest BCUT2D eigenvalue weighted by Gasteiger charge is 2.50. The quantitative estimate of drug-likeness (QED) is 0.593. The van der Waals surface area contributed by atoms with Crippen molar-refractivity contribution in [1.82, 2.24) is 5.32 Å². The lowest BCUT2D eigenvalue weighted by Gasteiger charge is -2.57. The van der Waals surface area contributed by atoms with Crippen molar-refractivity contribution >= 4 is 0 Å². The summed E-state index contributed by atoms with van der Waals surface area (Å²) >= 11 is 0. The van der Waals surface area contributed by atoms with Gasteiger partial charge in [-0.1, -0.05) is 26.0 Å². The van der Waals surface area contributed by atoms with E-state index in [2.05, 4.69) is 31.3 Å². The molecule has 0 aromatic heterocycles. The summed E-state index contributed by atoms with van der Waals surface area (Å²) in [4.78, 5) is 0. The molecule has 4 aliphatic rings. The zero-order chi connectivity index (χ0) is 19.6. The Balaban J connectivity index is 1.11. The molecule has 1 aromatic carbocycles. The molecule has 0 amide bonds. The summed E-state index contributed by atoms with van der Waals surface area (Å²) in [5, 5.41) is 14.1. The maximum Gasteiger partial charge on any atom is 0.119 e. The Morgan fingerprint density at radius 3 is 2.18 bits per heavy atom. The highest BCUT2D eigenvalue weighted by Crippen LogP contribution is 2.55. The Bertz CT molecular complexity index is 592. The molecule has 0 spiro atoms. The van der Waals surface area contributed by atoms with Crippen molar-refractivity contribution in [2.24, 2.45) is 17.8 Å². The Hall–Kier alpha value is -1.10. The summed E-state index contributed by atoms with van der Waals surface area (Å²) in [5.41, 5.74) is 1.62. The molecule has 4 saturated carbocycles. The standard InChI is InChI=1S/C24H37NO3/c1-17(2)21-3-5-23(6-4-21)28-8-7-27-16-22(26)15-25-24-12-18-9-19(13-24)11-20(10-18)14-24/h3-6,17-20,22,25-26H,7-16H2,1-2H3. The topological polar surface area (TPSA) is 50.7 Å². The van der Waals surface area contributed by atoms with Gasteiger partial charge in [0.25, 0.3) is 0 Å². The number of benzene rings is 1. The highest BCUT2D eigenvalue weighted by molar-refractivity contribution is 5.28. The summed E-state index contributed by atoms with van der Waals surface area (Å²) in [6.07, 6.45) is 7.85. The van der Waals surface area contributed by atoms with E-state index in [1.807, 2.05) is 12.1 Å². The van der Waals surface area contributed by atoms with E-state index in [9.17, 15) is 5.11 Å². The molecule has 0 heterocycles. The lowest BCUT2D eigenvalue weighted by molar-refractivity contribution is -0.0318. The van der Waals surface area contributed by atoms with Gasteiger partial charge in [0.15, 0.2) is 0 Å². The van der Waals surface area contributed by atoms with Gasteiger partial charge in [0.05, 0.1) is 19.3 Å². The predicted octanol–water partition coefficient (Wildman–Crippen LogP) is 4.12. The van der Waals surface area contributed by atoms with Crippen molar-refractivity contribution in [1.29, 1.82) is 0 Å². The molecule has 5 rings (SSSR count). The molecule has 0 aliphatic heterocycles. The number of rotatable bonds is 10. The van der Waals surface area contributed by atoms with Gasteiger partial charge in [-0.15, -0.1) is 0 Å². The molecule has 156 valence electrons. The van der Waals surface area contributed by atoms with Crippen LogP contribution in [0.1, 0.15) is 63.9 Å². The third-order valence-electron chi connectivity index (χ3n) is 7.10. The average molecular weight is 388 g/mol. The fourth-order valence-corrected chi connectivity index (χ4v) is 6.11. The van der Waals surface area contributed by atoms with Gasteiger partial charge in [0.2, 0.25) is 0 Å². The van der Waals surface area contributed by atoms with Crippen LogP contribution in [0.25, 0.3) is 0 Å². The minimum atomic E-state index is -0.446. The number of aliphatic hydroxyl groups is 1. The van der Waals surface area contributed by atoms with Crippen LogP contribution >= 0.6 is 0 Å². The van der Waals surface area contributed by atoms with E-state index in [1.54, 1.807) is 0 Å². The van der Waals surface area contributed by atoms with Crippen LogP contribution in [0.5, 0.6) is 5.75 Å². The fourth-order valence-electron chi connectivity index (χ4n) is 6.11. The normalized spacial score (nSPS) is 32.1. The molecular weight excluding hydrogens is 350 g/mol. The first-order valence-corrected chi connectivity index (χ1v) is 11.2. The molecule has 4 heteroatoms. The second-order valence-electron chi connectivity index (χ2n) is 9.88. The minimum Gasteiger partial charge on any atom is -0.491 e. The molecule has 4 nitrogen and oxygen atoms in total. The summed E-state index contributed by atoms with van der Waals surface area (Å²) < 4.78 is 11.4. The van der Waals surface area contributed by atoms with Crippen molar-refractivity contribution in [2.75, 3.05) is 26.4 Å².